The number of ether oxygens (including phenoxy) is 1. The predicted octanol–water partition coefficient (Wildman–Crippen LogP) is 3.11. The van der Waals surface area contributed by atoms with Crippen LogP contribution in [0.15, 0.2) is 34.2 Å². The molecule has 0 aromatic heterocycles. The monoisotopic (exact) mass is 386 g/mol. The topological polar surface area (TPSA) is 84.8 Å². The van der Waals surface area contributed by atoms with Crippen LogP contribution in [-0.4, -0.2) is 38.2 Å². The summed E-state index contributed by atoms with van der Waals surface area (Å²) >= 11 is 6.27. The summed E-state index contributed by atoms with van der Waals surface area (Å²) in [6, 6.07) is 5.84. The molecule has 0 amide bonds. The molecule has 0 bridgehead atoms. The summed E-state index contributed by atoms with van der Waals surface area (Å²) in [5.41, 5.74) is -0.00228. The van der Waals surface area contributed by atoms with E-state index in [1.54, 1.807) is 26.0 Å². The average molecular weight is 387 g/mol. The highest BCUT2D eigenvalue weighted by Gasteiger charge is 2.25. The van der Waals surface area contributed by atoms with E-state index in [0.29, 0.717) is 0 Å². The van der Waals surface area contributed by atoms with E-state index in [-0.39, 0.29) is 34.3 Å². The maximum absolute atomic E-state index is 12.7. The Kier molecular flexibility index (Phi) is 6.84. The Balaban J connectivity index is 2.23. The molecule has 2 atom stereocenters. The van der Waals surface area contributed by atoms with Crippen molar-refractivity contribution in [3.8, 4) is 0 Å². The lowest BCUT2D eigenvalue weighted by Gasteiger charge is -2.24. The van der Waals surface area contributed by atoms with Crippen molar-refractivity contribution in [3.05, 3.63) is 29.8 Å². The summed E-state index contributed by atoms with van der Waals surface area (Å²) in [6.07, 6.45) is 3.81. The number of aliphatic imine (C=N–C) groups is 1. The Morgan fingerprint density at radius 2 is 2.00 bits per heavy atom. The Morgan fingerprint density at radius 3 is 2.68 bits per heavy atom. The molecule has 0 radical (unpaired) electrons. The second-order valence-corrected chi connectivity index (χ2v) is 8.12. The van der Waals surface area contributed by atoms with Gasteiger partial charge in [0.15, 0.2) is 0 Å². The highest BCUT2D eigenvalue weighted by atomic mass is 35.5. The van der Waals surface area contributed by atoms with E-state index in [9.17, 15) is 13.2 Å². The number of sulfonamides is 1. The van der Waals surface area contributed by atoms with E-state index in [1.165, 1.54) is 12.1 Å². The van der Waals surface area contributed by atoms with Crippen LogP contribution in [0.3, 0.4) is 0 Å². The zero-order chi connectivity index (χ0) is 18.4. The molecule has 0 heterocycles. The molecule has 0 saturated heterocycles. The highest BCUT2D eigenvalue weighted by molar-refractivity contribution is 7.90. The van der Waals surface area contributed by atoms with E-state index < -0.39 is 16.0 Å². The zero-order valence-corrected chi connectivity index (χ0v) is 15.9. The van der Waals surface area contributed by atoms with Gasteiger partial charge in [-0.15, -0.1) is 11.6 Å². The minimum Gasteiger partial charge on any atom is -0.462 e. The normalized spacial score (nSPS) is 21.6. The third-order valence-electron chi connectivity index (χ3n) is 3.96. The first-order chi connectivity index (χ1) is 11.8. The first kappa shape index (κ1) is 19.7. The first-order valence-corrected chi connectivity index (χ1v) is 10.2. The number of carbonyl (C=O) groups is 1. The fourth-order valence-corrected chi connectivity index (χ4v) is 4.40. The minimum absolute atomic E-state index is 0.00228. The summed E-state index contributed by atoms with van der Waals surface area (Å²) in [5, 5.41) is -0.0833. The quantitative estimate of drug-likeness (QED) is 0.364. The van der Waals surface area contributed by atoms with Crippen molar-refractivity contribution in [1.29, 1.82) is 0 Å². The number of carbonyl (C=O) groups excluding carboxylic acids is 1. The standard InChI is InChI=1S/C17H23ClN2O4S/c1-3-24-17(21)13-8-4-7-11-16(13)25(22,23)20-12(2)19-15-10-6-5-9-14(15)18/h4,7-8,11,14-15H,3,5-6,9-10H2,1-2H3,(H,19,20)/t14-,15-/m1/s1. The third kappa shape index (κ3) is 5.19. The molecule has 1 N–H and O–H groups in total. The van der Waals surface area contributed by atoms with Gasteiger partial charge in [-0.05, 0) is 38.8 Å². The smallest absolute Gasteiger partial charge is 0.339 e. The molecule has 0 spiro atoms. The molecule has 0 aliphatic heterocycles. The molecule has 2 rings (SSSR count). The molecule has 138 valence electrons. The van der Waals surface area contributed by atoms with Crippen LogP contribution >= 0.6 is 11.6 Å². The van der Waals surface area contributed by atoms with Crippen molar-refractivity contribution < 1.29 is 17.9 Å². The molecule has 1 aliphatic carbocycles. The average Bonchev–Trinajstić information content (AvgIpc) is 2.57. The van der Waals surface area contributed by atoms with Gasteiger partial charge in [0.25, 0.3) is 10.0 Å². The summed E-state index contributed by atoms with van der Waals surface area (Å²) in [4.78, 5) is 16.3. The lowest BCUT2D eigenvalue weighted by molar-refractivity contribution is 0.0522. The number of rotatable bonds is 5. The van der Waals surface area contributed by atoms with Crippen LogP contribution in [0.1, 0.15) is 49.9 Å². The van der Waals surface area contributed by atoms with Crippen molar-refractivity contribution in [1.82, 2.24) is 4.72 Å². The van der Waals surface area contributed by atoms with Gasteiger partial charge in [-0.2, -0.15) is 0 Å². The minimum atomic E-state index is -3.95. The van der Waals surface area contributed by atoms with Gasteiger partial charge < -0.3 is 4.74 Å². The largest absolute Gasteiger partial charge is 0.462 e. The van der Waals surface area contributed by atoms with Crippen LogP contribution in [0.5, 0.6) is 0 Å². The van der Waals surface area contributed by atoms with Crippen molar-refractivity contribution in [3.63, 3.8) is 0 Å². The fraction of sp³-hybridized carbons (Fsp3) is 0.529. The van der Waals surface area contributed by atoms with E-state index in [1.807, 2.05) is 0 Å². The van der Waals surface area contributed by atoms with Gasteiger partial charge in [0.2, 0.25) is 0 Å². The molecule has 1 fully saturated rings. The van der Waals surface area contributed by atoms with Gasteiger partial charge in [0.1, 0.15) is 10.7 Å². The fourth-order valence-electron chi connectivity index (χ4n) is 2.81. The molecular weight excluding hydrogens is 364 g/mol. The molecule has 1 aliphatic rings. The van der Waals surface area contributed by atoms with Crippen LogP contribution < -0.4 is 4.72 Å². The summed E-state index contributed by atoms with van der Waals surface area (Å²) < 4.78 is 32.7. The van der Waals surface area contributed by atoms with Crippen LogP contribution in [0.2, 0.25) is 0 Å². The molecule has 1 aromatic carbocycles. The van der Waals surface area contributed by atoms with Gasteiger partial charge >= 0.3 is 5.97 Å². The van der Waals surface area contributed by atoms with Crippen LogP contribution in [0.25, 0.3) is 0 Å². The first-order valence-electron chi connectivity index (χ1n) is 8.32. The molecular formula is C17H23ClN2O4S. The van der Waals surface area contributed by atoms with Gasteiger partial charge in [-0.3, -0.25) is 9.71 Å². The van der Waals surface area contributed by atoms with Gasteiger partial charge in [-0.25, -0.2) is 13.2 Å². The van der Waals surface area contributed by atoms with Crippen molar-refractivity contribution >= 4 is 33.4 Å². The molecule has 1 saturated carbocycles. The Hall–Kier alpha value is -1.60. The number of benzene rings is 1. The number of hydrogen-bond donors (Lipinski definition) is 1. The van der Waals surface area contributed by atoms with Crippen molar-refractivity contribution in [2.75, 3.05) is 6.61 Å². The van der Waals surface area contributed by atoms with Crippen LogP contribution in [0.4, 0.5) is 0 Å². The van der Waals surface area contributed by atoms with Gasteiger partial charge in [0, 0.05) is 0 Å². The maximum Gasteiger partial charge on any atom is 0.339 e. The van der Waals surface area contributed by atoms with E-state index in [2.05, 4.69) is 9.71 Å². The third-order valence-corrected chi connectivity index (χ3v) is 5.97. The number of halogens is 1. The highest BCUT2D eigenvalue weighted by Crippen LogP contribution is 2.25. The number of esters is 1. The van der Waals surface area contributed by atoms with Crippen LogP contribution in [0, 0.1) is 0 Å². The number of hydrogen-bond acceptors (Lipinski definition) is 5. The maximum atomic E-state index is 12.7. The Morgan fingerprint density at radius 1 is 1.32 bits per heavy atom. The molecule has 25 heavy (non-hydrogen) atoms. The lowest BCUT2D eigenvalue weighted by Crippen LogP contribution is -2.33. The van der Waals surface area contributed by atoms with E-state index >= 15 is 0 Å². The zero-order valence-electron chi connectivity index (χ0n) is 14.4. The molecule has 8 heteroatoms. The Bertz CT molecular complexity index is 749. The molecule has 1 aromatic rings. The van der Waals surface area contributed by atoms with Crippen LogP contribution in [-0.2, 0) is 14.8 Å². The van der Waals surface area contributed by atoms with Gasteiger partial charge in [0.05, 0.1) is 23.6 Å². The van der Waals surface area contributed by atoms with Crippen molar-refractivity contribution in [2.24, 2.45) is 4.99 Å². The molecule has 6 nitrogen and oxygen atoms in total. The van der Waals surface area contributed by atoms with Gasteiger partial charge in [-0.1, -0.05) is 25.0 Å². The SMILES string of the molecule is CCOC(=O)c1ccccc1S(=O)(=O)NC(C)=N[C@@H]1CCCC[C@H]1Cl. The summed E-state index contributed by atoms with van der Waals surface area (Å²) in [7, 11) is -3.95. The second kappa shape index (κ2) is 8.67. The number of alkyl halides is 1. The summed E-state index contributed by atoms with van der Waals surface area (Å²) in [6.45, 7) is 3.42. The predicted molar refractivity (Wildman–Crippen MR) is 97.7 cm³/mol. The summed E-state index contributed by atoms with van der Waals surface area (Å²) in [5.74, 6) is -0.414. The lowest BCUT2D eigenvalue weighted by atomic mass is 9.95. The molecule has 0 unspecified atom stereocenters. The number of amidine groups is 1. The second-order valence-electron chi connectivity index (χ2n) is 5.90. The van der Waals surface area contributed by atoms with Crippen molar-refractivity contribution in [2.45, 2.75) is 55.8 Å². The van der Waals surface area contributed by atoms with E-state index in [4.69, 9.17) is 16.3 Å². The van der Waals surface area contributed by atoms with E-state index in [0.717, 1.165) is 25.7 Å². The number of nitrogens with zero attached hydrogens (tertiary/aromatic N) is 1. The Labute approximate surface area is 153 Å². The number of nitrogens with one attached hydrogen (secondary N) is 1.